The van der Waals surface area contributed by atoms with Crippen LogP contribution in [0.25, 0.3) is 0 Å². The van der Waals surface area contributed by atoms with Gasteiger partial charge in [-0.2, -0.15) is 0 Å². The van der Waals surface area contributed by atoms with E-state index < -0.39 is 0 Å². The van der Waals surface area contributed by atoms with Crippen molar-refractivity contribution in [2.45, 2.75) is 38.3 Å². The van der Waals surface area contributed by atoms with Gasteiger partial charge in [-0.25, -0.2) is 0 Å². The van der Waals surface area contributed by atoms with Crippen molar-refractivity contribution < 1.29 is 0 Å². The summed E-state index contributed by atoms with van der Waals surface area (Å²) >= 11 is 0. The summed E-state index contributed by atoms with van der Waals surface area (Å²) < 4.78 is 0. The Kier molecular flexibility index (Phi) is 6.68. The molecular formula is C18H31N3. The summed E-state index contributed by atoms with van der Waals surface area (Å²) in [5, 5.41) is 3.82. The minimum atomic E-state index is 0.455. The second-order valence-corrected chi connectivity index (χ2v) is 6.36. The molecule has 0 spiro atoms. The smallest absolute Gasteiger partial charge is 0.0466 e. The number of benzene rings is 1. The number of hydrogen-bond acceptors (Lipinski definition) is 3. The van der Waals surface area contributed by atoms with E-state index in [1.54, 1.807) is 0 Å². The Morgan fingerprint density at radius 3 is 2.62 bits per heavy atom. The third kappa shape index (κ3) is 5.10. The van der Waals surface area contributed by atoms with Gasteiger partial charge in [-0.1, -0.05) is 37.3 Å². The van der Waals surface area contributed by atoms with Crippen LogP contribution in [-0.4, -0.2) is 56.1 Å². The van der Waals surface area contributed by atoms with E-state index in [1.807, 2.05) is 0 Å². The molecule has 0 bridgehead atoms. The van der Waals surface area contributed by atoms with E-state index in [2.05, 4.69) is 66.5 Å². The first-order chi connectivity index (χ1) is 10.2. The van der Waals surface area contributed by atoms with Crippen molar-refractivity contribution in [3.8, 4) is 0 Å². The minimum Gasteiger partial charge on any atom is -0.312 e. The molecule has 1 aliphatic rings. The van der Waals surface area contributed by atoms with Gasteiger partial charge in [0.05, 0.1) is 0 Å². The largest absolute Gasteiger partial charge is 0.312 e. The zero-order chi connectivity index (χ0) is 15.1. The molecule has 1 aromatic rings. The van der Waals surface area contributed by atoms with E-state index in [9.17, 15) is 0 Å². The summed E-state index contributed by atoms with van der Waals surface area (Å²) in [6.45, 7) is 7.01. The molecule has 0 saturated carbocycles. The van der Waals surface area contributed by atoms with Crippen LogP contribution < -0.4 is 5.32 Å². The van der Waals surface area contributed by atoms with Crippen LogP contribution in [-0.2, 0) is 0 Å². The summed E-state index contributed by atoms with van der Waals surface area (Å²) in [7, 11) is 4.34. The lowest BCUT2D eigenvalue weighted by Gasteiger charge is -2.27. The summed E-state index contributed by atoms with van der Waals surface area (Å²) in [6, 6.07) is 12.0. The second-order valence-electron chi connectivity index (χ2n) is 6.36. The van der Waals surface area contributed by atoms with Crippen LogP contribution >= 0.6 is 0 Å². The fourth-order valence-electron chi connectivity index (χ4n) is 3.23. The molecule has 0 aromatic heterocycles. The predicted octanol–water partition coefficient (Wildman–Crippen LogP) is 2.75. The second kappa shape index (κ2) is 8.52. The van der Waals surface area contributed by atoms with Crippen molar-refractivity contribution in [2.75, 3.05) is 40.3 Å². The number of rotatable bonds is 6. The van der Waals surface area contributed by atoms with Crippen LogP contribution in [0.2, 0.25) is 0 Å². The van der Waals surface area contributed by atoms with E-state index >= 15 is 0 Å². The van der Waals surface area contributed by atoms with Gasteiger partial charge < -0.3 is 15.1 Å². The van der Waals surface area contributed by atoms with Crippen molar-refractivity contribution in [2.24, 2.45) is 0 Å². The summed E-state index contributed by atoms with van der Waals surface area (Å²) in [6.07, 6.45) is 3.91. The van der Waals surface area contributed by atoms with Crippen molar-refractivity contribution in [1.82, 2.24) is 15.1 Å². The normalized spacial score (nSPS) is 22.2. The first-order valence-electron chi connectivity index (χ1n) is 8.37. The molecule has 3 heteroatoms. The Bertz CT molecular complexity index is 391. The average molecular weight is 289 g/mol. The number of nitrogens with zero attached hydrogens (tertiary/aromatic N) is 2. The fraction of sp³-hybridized carbons (Fsp3) is 0.667. The zero-order valence-electron chi connectivity index (χ0n) is 13.9. The zero-order valence-corrected chi connectivity index (χ0v) is 13.9. The Hall–Kier alpha value is -0.900. The van der Waals surface area contributed by atoms with E-state index in [1.165, 1.54) is 44.5 Å². The SMILES string of the molecule is CCN1CCCC(NCC(c2ccccc2)N(C)C)CC1. The highest BCUT2D eigenvalue weighted by molar-refractivity contribution is 5.19. The van der Waals surface area contributed by atoms with Crippen molar-refractivity contribution >= 4 is 0 Å². The molecule has 2 atom stereocenters. The Labute approximate surface area is 130 Å². The van der Waals surface area contributed by atoms with Crippen LogP contribution in [0.1, 0.15) is 37.8 Å². The first-order valence-corrected chi connectivity index (χ1v) is 8.37. The third-order valence-electron chi connectivity index (χ3n) is 4.68. The molecule has 21 heavy (non-hydrogen) atoms. The molecule has 0 amide bonds. The maximum atomic E-state index is 3.82. The first kappa shape index (κ1) is 16.5. The van der Waals surface area contributed by atoms with E-state index in [-0.39, 0.29) is 0 Å². The van der Waals surface area contributed by atoms with Crippen LogP contribution in [0.4, 0.5) is 0 Å². The minimum absolute atomic E-state index is 0.455. The molecule has 0 radical (unpaired) electrons. The summed E-state index contributed by atoms with van der Waals surface area (Å²) in [5.41, 5.74) is 1.40. The van der Waals surface area contributed by atoms with Gasteiger partial charge in [-0.05, 0) is 58.6 Å². The highest BCUT2D eigenvalue weighted by Gasteiger charge is 2.19. The maximum Gasteiger partial charge on any atom is 0.0466 e. The van der Waals surface area contributed by atoms with E-state index in [4.69, 9.17) is 0 Å². The molecular weight excluding hydrogens is 258 g/mol. The number of hydrogen-bond donors (Lipinski definition) is 1. The Morgan fingerprint density at radius 1 is 1.19 bits per heavy atom. The lowest BCUT2D eigenvalue weighted by atomic mass is 10.0. The molecule has 2 rings (SSSR count). The molecule has 1 saturated heterocycles. The molecule has 2 unspecified atom stereocenters. The van der Waals surface area contributed by atoms with Gasteiger partial charge in [0.25, 0.3) is 0 Å². The van der Waals surface area contributed by atoms with Crippen LogP contribution in [0.5, 0.6) is 0 Å². The predicted molar refractivity (Wildman–Crippen MR) is 90.6 cm³/mol. The van der Waals surface area contributed by atoms with Gasteiger partial charge in [0.15, 0.2) is 0 Å². The van der Waals surface area contributed by atoms with Gasteiger partial charge in [0.1, 0.15) is 0 Å². The van der Waals surface area contributed by atoms with Crippen LogP contribution in [0, 0.1) is 0 Å². The lowest BCUT2D eigenvalue weighted by Crippen LogP contribution is -2.37. The Balaban J connectivity index is 1.87. The molecule has 118 valence electrons. The summed E-state index contributed by atoms with van der Waals surface area (Å²) in [4.78, 5) is 4.89. The standard InChI is InChI=1S/C18H31N3/c1-4-21-13-8-11-17(12-14-21)19-15-18(20(2)3)16-9-6-5-7-10-16/h5-7,9-10,17-19H,4,8,11-15H2,1-3H3. The fourth-order valence-corrected chi connectivity index (χ4v) is 3.23. The van der Waals surface area contributed by atoms with E-state index in [0.717, 1.165) is 6.54 Å². The number of likely N-dealkylation sites (tertiary alicyclic amines) is 1. The lowest BCUT2D eigenvalue weighted by molar-refractivity contribution is 0.270. The third-order valence-corrected chi connectivity index (χ3v) is 4.68. The van der Waals surface area contributed by atoms with Crippen molar-refractivity contribution in [1.29, 1.82) is 0 Å². The monoisotopic (exact) mass is 289 g/mol. The molecule has 1 heterocycles. The van der Waals surface area contributed by atoms with E-state index in [0.29, 0.717) is 12.1 Å². The highest BCUT2D eigenvalue weighted by Crippen LogP contribution is 2.18. The topological polar surface area (TPSA) is 18.5 Å². The maximum absolute atomic E-state index is 3.82. The molecule has 1 N–H and O–H groups in total. The van der Waals surface area contributed by atoms with Gasteiger partial charge in [-0.3, -0.25) is 0 Å². The Morgan fingerprint density at radius 2 is 1.95 bits per heavy atom. The average Bonchev–Trinajstić information content (AvgIpc) is 2.73. The van der Waals surface area contributed by atoms with Gasteiger partial charge in [0, 0.05) is 18.6 Å². The van der Waals surface area contributed by atoms with Gasteiger partial charge >= 0.3 is 0 Å². The quantitative estimate of drug-likeness (QED) is 0.869. The molecule has 1 fully saturated rings. The van der Waals surface area contributed by atoms with Gasteiger partial charge in [0.2, 0.25) is 0 Å². The summed E-state index contributed by atoms with van der Waals surface area (Å²) in [5.74, 6) is 0. The molecule has 1 aliphatic heterocycles. The van der Waals surface area contributed by atoms with Crippen molar-refractivity contribution in [3.05, 3.63) is 35.9 Å². The van der Waals surface area contributed by atoms with Gasteiger partial charge in [-0.15, -0.1) is 0 Å². The molecule has 3 nitrogen and oxygen atoms in total. The van der Waals surface area contributed by atoms with Crippen molar-refractivity contribution in [3.63, 3.8) is 0 Å². The number of likely N-dealkylation sites (N-methyl/N-ethyl adjacent to an activating group) is 1. The van der Waals surface area contributed by atoms with Crippen LogP contribution in [0.15, 0.2) is 30.3 Å². The highest BCUT2D eigenvalue weighted by atomic mass is 15.1. The molecule has 0 aliphatic carbocycles. The van der Waals surface area contributed by atoms with Crippen LogP contribution in [0.3, 0.4) is 0 Å². The molecule has 1 aromatic carbocycles. The number of nitrogens with one attached hydrogen (secondary N) is 1.